The normalized spacial score (nSPS) is 30.6. The van der Waals surface area contributed by atoms with Crippen LogP contribution in [0.4, 0.5) is 0 Å². The maximum atomic E-state index is 11.2. The zero-order valence-corrected chi connectivity index (χ0v) is 8.64. The minimum atomic E-state index is -1.92. The van der Waals surface area contributed by atoms with Crippen molar-refractivity contribution >= 4 is 9.73 Å². The van der Waals surface area contributed by atoms with E-state index < -0.39 is 9.73 Å². The number of nitrogens with two attached hydrogens (primary N) is 1. The van der Waals surface area contributed by atoms with Gasteiger partial charge in [-0.05, 0) is 18.8 Å². The summed E-state index contributed by atoms with van der Waals surface area (Å²) in [5, 5.41) is 0. The van der Waals surface area contributed by atoms with Gasteiger partial charge in [0, 0.05) is 28.3 Å². The van der Waals surface area contributed by atoms with E-state index in [0.29, 0.717) is 12.5 Å². The first kappa shape index (κ1) is 9.99. The van der Waals surface area contributed by atoms with Gasteiger partial charge in [-0.2, -0.15) is 0 Å². The highest BCUT2D eigenvalue weighted by Crippen LogP contribution is 2.24. The molecule has 4 heteroatoms. The molecule has 0 spiro atoms. The van der Waals surface area contributed by atoms with E-state index in [1.54, 1.807) is 12.5 Å². The van der Waals surface area contributed by atoms with Crippen LogP contribution in [0.25, 0.3) is 0 Å². The van der Waals surface area contributed by atoms with Crippen LogP contribution in [0.15, 0.2) is 4.36 Å². The predicted molar refractivity (Wildman–Crippen MR) is 52.6 cm³/mol. The van der Waals surface area contributed by atoms with Crippen molar-refractivity contribution in [3.8, 4) is 0 Å². The number of rotatable bonds is 2. The smallest absolute Gasteiger partial charge is 0.0527 e. The lowest BCUT2D eigenvalue weighted by Gasteiger charge is -2.11. The maximum absolute atomic E-state index is 11.2. The Labute approximate surface area is 74.9 Å². The molecule has 2 atom stereocenters. The van der Waals surface area contributed by atoms with Crippen LogP contribution in [0.2, 0.25) is 0 Å². The van der Waals surface area contributed by atoms with Crippen molar-refractivity contribution < 1.29 is 4.21 Å². The molecule has 12 heavy (non-hydrogen) atoms. The van der Waals surface area contributed by atoms with E-state index in [0.717, 1.165) is 12.8 Å². The van der Waals surface area contributed by atoms with E-state index in [1.165, 1.54) is 6.42 Å². The monoisotopic (exact) mass is 190 g/mol. The summed E-state index contributed by atoms with van der Waals surface area (Å²) in [6.45, 7) is 0.688. The first-order chi connectivity index (χ1) is 5.49. The van der Waals surface area contributed by atoms with Gasteiger partial charge in [-0.25, -0.2) is 4.36 Å². The molecule has 0 amide bonds. The molecule has 72 valence electrons. The lowest BCUT2D eigenvalue weighted by Crippen LogP contribution is -2.26. The molecule has 0 bridgehead atoms. The van der Waals surface area contributed by atoms with E-state index in [9.17, 15) is 4.21 Å². The van der Waals surface area contributed by atoms with Gasteiger partial charge in [-0.15, -0.1) is 0 Å². The van der Waals surface area contributed by atoms with Gasteiger partial charge in [0.15, 0.2) is 0 Å². The van der Waals surface area contributed by atoms with E-state index in [1.807, 2.05) is 0 Å². The van der Waals surface area contributed by atoms with Crippen molar-refractivity contribution in [3.05, 3.63) is 0 Å². The molecule has 0 saturated heterocycles. The quantitative estimate of drug-likeness (QED) is 0.701. The molecule has 0 radical (unpaired) electrons. The molecule has 1 aliphatic rings. The molecule has 2 N–H and O–H groups in total. The molecule has 1 aliphatic carbocycles. The third-order valence-corrected chi connectivity index (χ3v) is 3.11. The average Bonchev–Trinajstić information content (AvgIpc) is 2.29. The van der Waals surface area contributed by atoms with Crippen LogP contribution in [0.5, 0.6) is 0 Å². The van der Waals surface area contributed by atoms with Crippen LogP contribution in [-0.4, -0.2) is 29.3 Å². The SMILES string of the molecule is CS(C)(=O)=NCC1CCCC1N. The zero-order chi connectivity index (χ0) is 9.19. The third-order valence-electron chi connectivity index (χ3n) is 2.34. The number of hydrogen-bond acceptors (Lipinski definition) is 3. The molecular formula is C8H18N2OS. The molecule has 0 aromatic heterocycles. The van der Waals surface area contributed by atoms with E-state index in [-0.39, 0.29) is 6.04 Å². The Morgan fingerprint density at radius 1 is 1.50 bits per heavy atom. The van der Waals surface area contributed by atoms with Gasteiger partial charge in [0.05, 0.1) is 6.54 Å². The molecule has 1 fully saturated rings. The summed E-state index contributed by atoms with van der Waals surface area (Å²) < 4.78 is 15.4. The first-order valence-corrected chi connectivity index (χ1v) is 6.70. The second-order valence-electron chi connectivity index (χ2n) is 3.85. The van der Waals surface area contributed by atoms with Crippen LogP contribution in [0.3, 0.4) is 0 Å². The largest absolute Gasteiger partial charge is 0.327 e. The summed E-state index contributed by atoms with van der Waals surface area (Å²) in [6, 6.07) is 0.287. The van der Waals surface area contributed by atoms with Crippen LogP contribution in [0, 0.1) is 5.92 Å². The van der Waals surface area contributed by atoms with Gasteiger partial charge < -0.3 is 5.73 Å². The van der Waals surface area contributed by atoms with Crippen LogP contribution < -0.4 is 5.73 Å². The lowest BCUT2D eigenvalue weighted by atomic mass is 10.1. The van der Waals surface area contributed by atoms with Crippen LogP contribution in [0.1, 0.15) is 19.3 Å². The van der Waals surface area contributed by atoms with E-state index in [2.05, 4.69) is 4.36 Å². The second-order valence-corrected chi connectivity index (χ2v) is 6.47. The third kappa shape index (κ3) is 3.11. The lowest BCUT2D eigenvalue weighted by molar-refractivity contribution is 0.494. The van der Waals surface area contributed by atoms with Crippen molar-refractivity contribution in [2.24, 2.45) is 16.0 Å². The Morgan fingerprint density at radius 2 is 2.17 bits per heavy atom. The summed E-state index contributed by atoms with van der Waals surface area (Å²) in [6.07, 6.45) is 6.81. The number of nitrogens with zero attached hydrogens (tertiary/aromatic N) is 1. The topological polar surface area (TPSA) is 55.5 Å². The van der Waals surface area contributed by atoms with E-state index >= 15 is 0 Å². The second kappa shape index (κ2) is 3.75. The van der Waals surface area contributed by atoms with Gasteiger partial charge in [-0.1, -0.05) is 6.42 Å². The zero-order valence-electron chi connectivity index (χ0n) is 7.82. The van der Waals surface area contributed by atoms with Crippen LogP contribution >= 0.6 is 0 Å². The summed E-state index contributed by atoms with van der Waals surface area (Å²) in [5.74, 6) is 0.478. The van der Waals surface area contributed by atoms with Crippen molar-refractivity contribution in [1.29, 1.82) is 0 Å². The highest BCUT2D eigenvalue weighted by molar-refractivity contribution is 7.92. The Kier molecular flexibility index (Phi) is 3.12. The van der Waals surface area contributed by atoms with Crippen molar-refractivity contribution in [1.82, 2.24) is 0 Å². The Hall–Kier alpha value is -0.0900. The molecular weight excluding hydrogens is 172 g/mol. The molecule has 3 nitrogen and oxygen atoms in total. The molecule has 0 aliphatic heterocycles. The summed E-state index contributed by atoms with van der Waals surface area (Å²) in [5.41, 5.74) is 5.86. The van der Waals surface area contributed by atoms with Crippen molar-refractivity contribution in [2.45, 2.75) is 25.3 Å². The minimum absolute atomic E-state index is 0.287. The molecule has 0 aromatic carbocycles. The minimum Gasteiger partial charge on any atom is -0.327 e. The van der Waals surface area contributed by atoms with Gasteiger partial charge in [0.1, 0.15) is 0 Å². The molecule has 1 saturated carbocycles. The standard InChI is InChI=1S/C8H18N2OS/c1-12(2,11)10-6-7-4-3-5-8(7)9/h7-8H,3-6,9H2,1-2H3. The Bertz CT molecular complexity index is 248. The van der Waals surface area contributed by atoms with Gasteiger partial charge in [-0.3, -0.25) is 4.21 Å². The summed E-state index contributed by atoms with van der Waals surface area (Å²) in [7, 11) is -1.92. The predicted octanol–water partition coefficient (Wildman–Crippen LogP) is 0.841. The highest BCUT2D eigenvalue weighted by atomic mass is 32.2. The molecule has 1 rings (SSSR count). The molecule has 2 unspecified atom stereocenters. The van der Waals surface area contributed by atoms with Gasteiger partial charge in [0.25, 0.3) is 0 Å². The van der Waals surface area contributed by atoms with Gasteiger partial charge in [0.2, 0.25) is 0 Å². The van der Waals surface area contributed by atoms with Crippen LogP contribution in [-0.2, 0) is 9.73 Å². The molecule has 0 heterocycles. The van der Waals surface area contributed by atoms with E-state index in [4.69, 9.17) is 5.73 Å². The summed E-state index contributed by atoms with van der Waals surface area (Å²) in [4.78, 5) is 0. The fraction of sp³-hybridized carbons (Fsp3) is 1.00. The van der Waals surface area contributed by atoms with Crippen molar-refractivity contribution in [2.75, 3.05) is 19.1 Å². The average molecular weight is 190 g/mol. The summed E-state index contributed by atoms with van der Waals surface area (Å²) >= 11 is 0. The Morgan fingerprint density at radius 3 is 2.58 bits per heavy atom. The molecule has 0 aromatic rings. The maximum Gasteiger partial charge on any atom is 0.0527 e. The Balaban J connectivity index is 2.47. The fourth-order valence-corrected chi connectivity index (χ4v) is 2.12. The fourth-order valence-electron chi connectivity index (χ4n) is 1.57. The highest BCUT2D eigenvalue weighted by Gasteiger charge is 2.23. The van der Waals surface area contributed by atoms with Crippen molar-refractivity contribution in [3.63, 3.8) is 0 Å². The van der Waals surface area contributed by atoms with Gasteiger partial charge >= 0.3 is 0 Å². The first-order valence-electron chi connectivity index (χ1n) is 4.37. The number of hydrogen-bond donors (Lipinski definition) is 1.